The Labute approximate surface area is 207 Å². The van der Waals surface area contributed by atoms with Gasteiger partial charge in [0.25, 0.3) is 0 Å². The highest BCUT2D eigenvalue weighted by Crippen LogP contribution is 2.35. The van der Waals surface area contributed by atoms with Gasteiger partial charge in [0.15, 0.2) is 0 Å². The Morgan fingerprint density at radius 3 is 1.44 bits per heavy atom. The van der Waals surface area contributed by atoms with Crippen LogP contribution in [0.2, 0.25) is 0 Å². The van der Waals surface area contributed by atoms with Gasteiger partial charge in [-0.05, 0) is 47.2 Å². The molecule has 6 heteroatoms. The van der Waals surface area contributed by atoms with Crippen molar-refractivity contribution in [3.63, 3.8) is 0 Å². The minimum Gasteiger partial charge on any atom is -0.496 e. The minimum absolute atomic E-state index is 0.706. The SMILES string of the molecule is COc1ccccc1SCc1nc2cc3ccccc3cc2nc1CSc1ccccc1OC. The number of para-hydroxylation sites is 2. The maximum atomic E-state index is 5.54. The number of ether oxygens (including phenoxy) is 2. The molecule has 0 saturated heterocycles. The van der Waals surface area contributed by atoms with Crippen LogP contribution in [0.3, 0.4) is 0 Å². The van der Waals surface area contributed by atoms with Gasteiger partial charge >= 0.3 is 0 Å². The predicted molar refractivity (Wildman–Crippen MR) is 142 cm³/mol. The number of methoxy groups -OCH3 is 2. The van der Waals surface area contributed by atoms with Crippen molar-refractivity contribution >= 4 is 45.3 Å². The maximum absolute atomic E-state index is 5.54. The van der Waals surface area contributed by atoms with E-state index >= 15 is 0 Å². The van der Waals surface area contributed by atoms with Crippen molar-refractivity contribution in [2.45, 2.75) is 21.3 Å². The van der Waals surface area contributed by atoms with E-state index in [1.807, 2.05) is 36.4 Å². The van der Waals surface area contributed by atoms with E-state index in [1.54, 1.807) is 37.7 Å². The summed E-state index contributed by atoms with van der Waals surface area (Å²) in [5.74, 6) is 3.16. The lowest BCUT2D eigenvalue weighted by atomic mass is 10.1. The molecule has 0 amide bonds. The van der Waals surface area contributed by atoms with Gasteiger partial charge in [-0.25, -0.2) is 9.97 Å². The van der Waals surface area contributed by atoms with Crippen LogP contribution in [0.5, 0.6) is 11.5 Å². The summed E-state index contributed by atoms with van der Waals surface area (Å²) in [6.07, 6.45) is 0. The van der Waals surface area contributed by atoms with E-state index in [9.17, 15) is 0 Å². The van der Waals surface area contributed by atoms with Gasteiger partial charge in [0.1, 0.15) is 11.5 Å². The number of aromatic nitrogens is 2. The van der Waals surface area contributed by atoms with Gasteiger partial charge in [-0.2, -0.15) is 0 Å². The standard InChI is InChI=1S/C28H24N2O2S2/c1-31-25-11-5-7-13-27(25)33-17-23-24(18-34-28-14-8-6-12-26(28)32-2)30-22-16-20-10-4-3-9-19(20)15-21(22)29-23/h3-16H,17-18H2,1-2H3. The molecule has 0 spiro atoms. The topological polar surface area (TPSA) is 44.2 Å². The molecule has 4 nitrogen and oxygen atoms in total. The number of hydrogen-bond acceptors (Lipinski definition) is 6. The van der Waals surface area contributed by atoms with Crippen molar-refractivity contribution in [3.05, 3.63) is 96.3 Å². The lowest BCUT2D eigenvalue weighted by Gasteiger charge is -2.13. The molecule has 34 heavy (non-hydrogen) atoms. The van der Waals surface area contributed by atoms with Gasteiger partial charge in [-0.1, -0.05) is 48.5 Å². The second-order valence-corrected chi connectivity index (χ2v) is 9.72. The maximum Gasteiger partial charge on any atom is 0.132 e. The normalized spacial score (nSPS) is 11.1. The van der Waals surface area contributed by atoms with Crippen molar-refractivity contribution in [2.24, 2.45) is 0 Å². The van der Waals surface area contributed by atoms with E-state index in [0.29, 0.717) is 11.5 Å². The summed E-state index contributed by atoms with van der Waals surface area (Å²) in [6.45, 7) is 0. The Morgan fingerprint density at radius 1 is 0.588 bits per heavy atom. The molecule has 4 aromatic carbocycles. The molecule has 0 unspecified atom stereocenters. The molecule has 1 heterocycles. The van der Waals surface area contributed by atoms with E-state index in [0.717, 1.165) is 43.7 Å². The predicted octanol–water partition coefficient (Wildman–Crippen LogP) is 7.38. The van der Waals surface area contributed by atoms with Crippen LogP contribution in [0.4, 0.5) is 0 Å². The van der Waals surface area contributed by atoms with Crippen molar-refractivity contribution in [3.8, 4) is 11.5 Å². The molecule has 0 fully saturated rings. The van der Waals surface area contributed by atoms with Gasteiger partial charge in [0.2, 0.25) is 0 Å². The number of thioether (sulfide) groups is 2. The summed E-state index contributed by atoms with van der Waals surface area (Å²) >= 11 is 3.44. The molecule has 170 valence electrons. The van der Waals surface area contributed by atoms with Gasteiger partial charge in [-0.15, -0.1) is 23.5 Å². The second kappa shape index (κ2) is 10.4. The van der Waals surface area contributed by atoms with E-state index < -0.39 is 0 Å². The summed E-state index contributed by atoms with van der Waals surface area (Å²) < 4.78 is 11.1. The molecule has 0 bridgehead atoms. The Morgan fingerprint density at radius 2 is 1.00 bits per heavy atom. The van der Waals surface area contributed by atoms with E-state index in [4.69, 9.17) is 19.4 Å². The zero-order chi connectivity index (χ0) is 23.3. The molecule has 0 aliphatic heterocycles. The lowest BCUT2D eigenvalue weighted by molar-refractivity contribution is 0.404. The van der Waals surface area contributed by atoms with Crippen LogP contribution in [0, 0.1) is 0 Å². The van der Waals surface area contributed by atoms with Crippen LogP contribution in [0.1, 0.15) is 11.4 Å². The zero-order valence-corrected chi connectivity index (χ0v) is 20.7. The van der Waals surface area contributed by atoms with E-state index in [1.165, 1.54) is 10.8 Å². The Kier molecular flexibility index (Phi) is 6.88. The fourth-order valence-corrected chi connectivity index (χ4v) is 5.80. The molecule has 0 radical (unpaired) electrons. The van der Waals surface area contributed by atoms with Crippen molar-refractivity contribution in [2.75, 3.05) is 14.2 Å². The first-order valence-corrected chi connectivity index (χ1v) is 12.9. The number of nitrogens with zero attached hydrogens (tertiary/aromatic N) is 2. The molecule has 0 saturated carbocycles. The molecule has 5 rings (SSSR count). The molecule has 0 atom stereocenters. The summed E-state index contributed by atoms with van der Waals surface area (Å²) in [7, 11) is 3.41. The summed E-state index contributed by atoms with van der Waals surface area (Å²) in [4.78, 5) is 12.3. The zero-order valence-electron chi connectivity index (χ0n) is 19.0. The molecule has 5 aromatic rings. The monoisotopic (exact) mass is 484 g/mol. The van der Waals surface area contributed by atoms with Gasteiger partial charge < -0.3 is 9.47 Å². The third-order valence-electron chi connectivity index (χ3n) is 5.55. The summed E-state index contributed by atoms with van der Waals surface area (Å²) in [5.41, 5.74) is 3.81. The average molecular weight is 485 g/mol. The summed E-state index contributed by atoms with van der Waals surface area (Å²) in [5, 5.41) is 2.34. The van der Waals surface area contributed by atoms with Crippen LogP contribution in [-0.2, 0) is 11.5 Å². The van der Waals surface area contributed by atoms with Crippen LogP contribution in [0.25, 0.3) is 21.8 Å². The molecule has 0 aliphatic rings. The molecule has 0 aliphatic carbocycles. The highest BCUT2D eigenvalue weighted by atomic mass is 32.2. The van der Waals surface area contributed by atoms with Crippen molar-refractivity contribution in [1.82, 2.24) is 9.97 Å². The number of fused-ring (bicyclic) bond motifs is 2. The number of hydrogen-bond donors (Lipinski definition) is 0. The minimum atomic E-state index is 0.706. The molecular formula is C28H24N2O2S2. The van der Waals surface area contributed by atoms with Crippen LogP contribution in [-0.4, -0.2) is 24.2 Å². The molecule has 1 aromatic heterocycles. The average Bonchev–Trinajstić information content (AvgIpc) is 2.89. The fourth-order valence-electron chi connectivity index (χ4n) is 3.81. The van der Waals surface area contributed by atoms with Gasteiger partial charge in [0.05, 0.1) is 36.6 Å². The fraction of sp³-hybridized carbons (Fsp3) is 0.143. The number of rotatable bonds is 8. The quantitative estimate of drug-likeness (QED) is 0.169. The van der Waals surface area contributed by atoms with E-state index in [-0.39, 0.29) is 0 Å². The first-order chi connectivity index (χ1) is 16.7. The Balaban J connectivity index is 1.52. The first kappa shape index (κ1) is 22.6. The highest BCUT2D eigenvalue weighted by molar-refractivity contribution is 7.99. The Hall–Kier alpha value is -3.22. The smallest absolute Gasteiger partial charge is 0.132 e. The highest BCUT2D eigenvalue weighted by Gasteiger charge is 2.14. The summed E-state index contributed by atoms with van der Waals surface area (Å²) in [6, 6.07) is 28.8. The largest absolute Gasteiger partial charge is 0.496 e. The third kappa shape index (κ3) is 4.83. The van der Waals surface area contributed by atoms with Crippen LogP contribution < -0.4 is 9.47 Å². The van der Waals surface area contributed by atoms with E-state index in [2.05, 4.69) is 48.5 Å². The lowest BCUT2D eigenvalue weighted by Crippen LogP contribution is -2.01. The Bertz CT molecular complexity index is 1350. The third-order valence-corrected chi connectivity index (χ3v) is 7.69. The molecular weight excluding hydrogens is 460 g/mol. The van der Waals surface area contributed by atoms with Crippen molar-refractivity contribution in [1.29, 1.82) is 0 Å². The first-order valence-electron chi connectivity index (χ1n) is 10.9. The molecule has 0 N–H and O–H groups in total. The second-order valence-electron chi connectivity index (χ2n) is 7.68. The van der Waals surface area contributed by atoms with Crippen LogP contribution in [0.15, 0.2) is 94.7 Å². The van der Waals surface area contributed by atoms with Crippen LogP contribution >= 0.6 is 23.5 Å². The van der Waals surface area contributed by atoms with Gasteiger partial charge in [0, 0.05) is 21.3 Å². The van der Waals surface area contributed by atoms with Crippen molar-refractivity contribution < 1.29 is 9.47 Å². The number of benzene rings is 4. The van der Waals surface area contributed by atoms with Gasteiger partial charge in [-0.3, -0.25) is 0 Å².